The fraction of sp³-hybridized carbons (Fsp3) is 0.500. The van der Waals surface area contributed by atoms with Crippen molar-refractivity contribution in [2.45, 2.75) is 38.7 Å². The van der Waals surface area contributed by atoms with Gasteiger partial charge in [0.15, 0.2) is 0 Å². The molecule has 1 heterocycles. The van der Waals surface area contributed by atoms with Crippen LogP contribution in [0.3, 0.4) is 0 Å². The van der Waals surface area contributed by atoms with Crippen LogP contribution in [0.15, 0.2) is 22.7 Å². The van der Waals surface area contributed by atoms with E-state index in [2.05, 4.69) is 26.6 Å². The molecule has 2 rings (SSSR count). The van der Waals surface area contributed by atoms with E-state index in [-0.39, 0.29) is 31.1 Å². The Morgan fingerprint density at radius 3 is 2.76 bits per heavy atom. The summed E-state index contributed by atoms with van der Waals surface area (Å²) in [5.74, 6) is -2.91. The number of benzene rings is 1. The summed E-state index contributed by atoms with van der Waals surface area (Å²) >= 11 is 3.17. The Bertz CT molecular complexity index is 766. The molecular weight excluding hydrogens is 450 g/mol. The second-order valence-electron chi connectivity index (χ2n) is 7.17. The number of rotatable bonds is 9. The van der Waals surface area contributed by atoms with E-state index >= 15 is 0 Å². The molecule has 0 bridgehead atoms. The zero-order chi connectivity index (χ0) is 21.6. The fourth-order valence-corrected chi connectivity index (χ4v) is 3.34. The Balaban J connectivity index is 1.91. The first-order valence-electron chi connectivity index (χ1n) is 9.17. The minimum atomic E-state index is -0.991. The van der Waals surface area contributed by atoms with Crippen molar-refractivity contribution in [1.82, 2.24) is 10.6 Å². The van der Waals surface area contributed by atoms with Gasteiger partial charge in [0.2, 0.25) is 5.91 Å². The summed E-state index contributed by atoms with van der Waals surface area (Å²) in [5, 5.41) is 14.1. The summed E-state index contributed by atoms with van der Waals surface area (Å²) in [4.78, 5) is 35.3. The van der Waals surface area contributed by atoms with E-state index in [1.807, 2.05) is 13.8 Å². The highest BCUT2D eigenvalue weighted by atomic mass is 79.9. The van der Waals surface area contributed by atoms with Crippen LogP contribution in [0, 0.1) is 11.7 Å². The largest absolute Gasteiger partial charge is 0.481 e. The van der Waals surface area contributed by atoms with Gasteiger partial charge in [0.05, 0.1) is 37.2 Å². The number of carbonyl (C=O) groups excluding carboxylic acids is 2. The predicted molar refractivity (Wildman–Crippen MR) is 107 cm³/mol. The van der Waals surface area contributed by atoms with E-state index in [1.165, 1.54) is 12.1 Å². The lowest BCUT2D eigenvalue weighted by molar-refractivity contribution is -0.138. The summed E-state index contributed by atoms with van der Waals surface area (Å²) in [5.41, 5.74) is 0.0792. The topological polar surface area (TPSA) is 114 Å². The van der Waals surface area contributed by atoms with Crippen molar-refractivity contribution in [3.8, 4) is 0 Å². The average molecular weight is 473 g/mol. The van der Waals surface area contributed by atoms with E-state index < -0.39 is 42.8 Å². The highest BCUT2D eigenvalue weighted by molar-refractivity contribution is 9.10. The van der Waals surface area contributed by atoms with Crippen LogP contribution in [0.2, 0.25) is 0 Å². The van der Waals surface area contributed by atoms with E-state index in [1.54, 1.807) is 0 Å². The molecule has 0 unspecified atom stereocenters. The number of amides is 2. The van der Waals surface area contributed by atoms with Gasteiger partial charge in [0, 0.05) is 4.47 Å². The number of hydrogen-bond acceptors (Lipinski definition) is 5. The first-order valence-corrected chi connectivity index (χ1v) is 9.96. The first-order chi connectivity index (χ1) is 13.7. The number of carboxylic acids is 1. The van der Waals surface area contributed by atoms with Crippen molar-refractivity contribution in [3.63, 3.8) is 0 Å². The SMILES string of the molecule is CC(C)C[C@H](NC(=O)CNC(=O)c1cc(F)ccc1Br)B1OC[C@@H](CC(=O)O)O1. The number of hydrogen-bond donors (Lipinski definition) is 3. The monoisotopic (exact) mass is 472 g/mol. The standard InChI is InChI=1S/C18H23BBrFN2O6/c1-10(2)5-15(19-28-9-12(29-19)7-17(25)26)23-16(24)8-22-18(27)13-6-11(21)3-4-14(13)20/h3-4,6,10,12,15H,5,7-9H2,1-2H3,(H,22,27)(H,23,24)(H,25,26)/t12-,15+/m1/s1. The van der Waals surface area contributed by atoms with Crippen molar-refractivity contribution < 1.29 is 33.2 Å². The van der Waals surface area contributed by atoms with Crippen molar-refractivity contribution in [2.24, 2.45) is 5.92 Å². The van der Waals surface area contributed by atoms with E-state index in [0.717, 1.165) is 6.07 Å². The molecular formula is C18H23BBrFN2O6. The van der Waals surface area contributed by atoms with Gasteiger partial charge in [-0.1, -0.05) is 13.8 Å². The first kappa shape index (κ1) is 23.3. The molecule has 158 valence electrons. The van der Waals surface area contributed by atoms with E-state index in [4.69, 9.17) is 14.4 Å². The van der Waals surface area contributed by atoms with Gasteiger partial charge < -0.3 is 25.0 Å². The van der Waals surface area contributed by atoms with Gasteiger partial charge in [-0.15, -0.1) is 0 Å². The summed E-state index contributed by atoms with van der Waals surface area (Å²) < 4.78 is 24.9. The summed E-state index contributed by atoms with van der Waals surface area (Å²) in [6.07, 6.45) is -0.217. The third-order valence-electron chi connectivity index (χ3n) is 4.16. The van der Waals surface area contributed by atoms with Crippen molar-refractivity contribution in [1.29, 1.82) is 0 Å². The van der Waals surface area contributed by atoms with Crippen LogP contribution in [0.25, 0.3) is 0 Å². The highest BCUT2D eigenvalue weighted by Crippen LogP contribution is 2.19. The van der Waals surface area contributed by atoms with Gasteiger partial charge in [-0.05, 0) is 46.5 Å². The van der Waals surface area contributed by atoms with Gasteiger partial charge in [-0.3, -0.25) is 14.4 Å². The lowest BCUT2D eigenvalue weighted by atomic mass is 9.74. The Kier molecular flexibility index (Phi) is 8.60. The Morgan fingerprint density at radius 2 is 2.10 bits per heavy atom. The molecule has 8 nitrogen and oxygen atoms in total. The molecule has 0 aliphatic carbocycles. The molecule has 1 aromatic carbocycles. The van der Waals surface area contributed by atoms with Crippen LogP contribution >= 0.6 is 15.9 Å². The molecule has 0 spiro atoms. The molecule has 1 fully saturated rings. The molecule has 0 aromatic heterocycles. The molecule has 1 saturated heterocycles. The van der Waals surface area contributed by atoms with Crippen LogP contribution in [0.5, 0.6) is 0 Å². The number of halogens is 2. The van der Waals surface area contributed by atoms with Crippen LogP contribution in [0.4, 0.5) is 4.39 Å². The minimum Gasteiger partial charge on any atom is -0.481 e. The molecule has 3 N–H and O–H groups in total. The summed E-state index contributed by atoms with van der Waals surface area (Å²) in [6, 6.07) is 3.69. The molecule has 1 aliphatic heterocycles. The van der Waals surface area contributed by atoms with Crippen molar-refractivity contribution in [3.05, 3.63) is 34.1 Å². The van der Waals surface area contributed by atoms with Gasteiger partial charge in [0.1, 0.15) is 5.82 Å². The normalized spacial score (nSPS) is 17.3. The van der Waals surface area contributed by atoms with Crippen LogP contribution in [-0.2, 0) is 18.9 Å². The van der Waals surface area contributed by atoms with Crippen LogP contribution in [0.1, 0.15) is 37.0 Å². The second kappa shape index (κ2) is 10.7. The molecule has 1 aromatic rings. The second-order valence-corrected chi connectivity index (χ2v) is 8.02. The van der Waals surface area contributed by atoms with Gasteiger partial charge in [-0.25, -0.2) is 4.39 Å². The number of nitrogens with one attached hydrogen (secondary N) is 2. The third kappa shape index (κ3) is 7.41. The maximum atomic E-state index is 13.3. The lowest BCUT2D eigenvalue weighted by Crippen LogP contribution is -2.50. The molecule has 0 radical (unpaired) electrons. The quantitative estimate of drug-likeness (QED) is 0.472. The molecule has 2 atom stereocenters. The highest BCUT2D eigenvalue weighted by Gasteiger charge is 2.40. The minimum absolute atomic E-state index is 0.0792. The van der Waals surface area contributed by atoms with Crippen molar-refractivity contribution >= 4 is 40.8 Å². The molecule has 2 amide bonds. The smallest absolute Gasteiger partial charge is 0.481 e. The number of carboxylic acid groups (broad SMARTS) is 1. The lowest BCUT2D eigenvalue weighted by Gasteiger charge is -2.22. The zero-order valence-electron chi connectivity index (χ0n) is 16.1. The predicted octanol–water partition coefficient (Wildman–Crippen LogP) is 1.77. The number of carbonyl (C=O) groups is 3. The number of aliphatic carboxylic acids is 1. The van der Waals surface area contributed by atoms with Crippen molar-refractivity contribution in [2.75, 3.05) is 13.2 Å². The van der Waals surface area contributed by atoms with E-state index in [9.17, 15) is 18.8 Å². The Hall–Kier alpha value is -1.98. The fourth-order valence-electron chi connectivity index (χ4n) is 2.91. The molecule has 0 saturated carbocycles. The van der Waals surface area contributed by atoms with Gasteiger partial charge in [-0.2, -0.15) is 0 Å². The maximum absolute atomic E-state index is 13.3. The Morgan fingerprint density at radius 1 is 1.38 bits per heavy atom. The van der Waals surface area contributed by atoms with Gasteiger partial charge in [0.25, 0.3) is 5.91 Å². The third-order valence-corrected chi connectivity index (χ3v) is 4.85. The average Bonchev–Trinajstić information content (AvgIpc) is 3.08. The summed E-state index contributed by atoms with van der Waals surface area (Å²) in [6.45, 7) is 3.74. The Labute approximate surface area is 176 Å². The van der Waals surface area contributed by atoms with Gasteiger partial charge >= 0.3 is 13.1 Å². The zero-order valence-corrected chi connectivity index (χ0v) is 17.7. The van der Waals surface area contributed by atoms with E-state index in [0.29, 0.717) is 10.9 Å². The molecule has 11 heteroatoms. The van der Waals surface area contributed by atoms with Crippen LogP contribution in [-0.4, -0.2) is 55.2 Å². The maximum Gasteiger partial charge on any atom is 0.481 e. The van der Waals surface area contributed by atoms with Crippen LogP contribution < -0.4 is 10.6 Å². The summed E-state index contributed by atoms with van der Waals surface area (Å²) in [7, 11) is -0.765. The molecule has 1 aliphatic rings. The molecule has 29 heavy (non-hydrogen) atoms.